The van der Waals surface area contributed by atoms with Crippen LogP contribution in [-0.4, -0.2) is 48.4 Å². The molecule has 2 aromatic carbocycles. The standard InChI is InChI=1S/C39H54N2O5Si/c1-27(2)21-33-24-34(42)23-32(41(33)39(44)46-36-17-13-10-14-18-36)20-19-31-22-37(47(28(3)4,29(5)6)30(7)8)26-40(25-31)38(43)45-35-15-11-9-12-16-35/h9-18,23,26-31,33H,19-22,24-25H2,1-8H3/t31-,33-/m0/s1. The van der Waals surface area contributed by atoms with E-state index in [2.05, 4.69) is 61.6 Å². The second-order valence-electron chi connectivity index (χ2n) is 14.6. The van der Waals surface area contributed by atoms with Gasteiger partial charge in [-0.3, -0.25) is 14.6 Å². The van der Waals surface area contributed by atoms with Crippen LogP contribution in [0.5, 0.6) is 11.5 Å². The van der Waals surface area contributed by atoms with Crippen molar-refractivity contribution in [1.82, 2.24) is 9.80 Å². The molecule has 4 rings (SSSR count). The summed E-state index contributed by atoms with van der Waals surface area (Å²) in [4.78, 5) is 43.9. The Morgan fingerprint density at radius 3 is 1.83 bits per heavy atom. The number of carbonyl (C=O) groups is 3. The van der Waals surface area contributed by atoms with Crippen LogP contribution in [0, 0.1) is 11.8 Å². The number of carbonyl (C=O) groups excluding carboxylic acids is 3. The maximum absolute atomic E-state index is 13.7. The maximum atomic E-state index is 13.7. The van der Waals surface area contributed by atoms with Gasteiger partial charge in [-0.25, -0.2) is 9.59 Å². The van der Waals surface area contributed by atoms with Gasteiger partial charge in [0, 0.05) is 37.0 Å². The second kappa shape index (κ2) is 16.0. The number of amides is 2. The smallest absolute Gasteiger partial charge is 0.410 e. The molecule has 0 spiro atoms. The van der Waals surface area contributed by atoms with Crippen molar-refractivity contribution in [2.24, 2.45) is 11.8 Å². The van der Waals surface area contributed by atoms with Gasteiger partial charge in [0.25, 0.3) is 0 Å². The van der Waals surface area contributed by atoms with Gasteiger partial charge in [0.1, 0.15) is 11.5 Å². The van der Waals surface area contributed by atoms with Gasteiger partial charge >= 0.3 is 12.2 Å². The largest absolute Gasteiger partial charge is 0.419 e. The number of nitrogens with zero attached hydrogens (tertiary/aromatic N) is 2. The lowest BCUT2D eigenvalue weighted by atomic mass is 9.90. The summed E-state index contributed by atoms with van der Waals surface area (Å²) >= 11 is 0. The lowest BCUT2D eigenvalue weighted by molar-refractivity contribution is -0.116. The number of ketones is 1. The van der Waals surface area contributed by atoms with Crippen LogP contribution in [0.25, 0.3) is 0 Å². The number of para-hydroxylation sites is 2. The zero-order valence-electron chi connectivity index (χ0n) is 29.6. The first-order valence-corrected chi connectivity index (χ1v) is 19.6. The van der Waals surface area contributed by atoms with Crippen molar-refractivity contribution < 1.29 is 23.9 Å². The third kappa shape index (κ3) is 8.64. The van der Waals surface area contributed by atoms with Crippen molar-refractivity contribution in [3.8, 4) is 11.5 Å². The van der Waals surface area contributed by atoms with E-state index in [-0.39, 0.29) is 30.3 Å². The van der Waals surface area contributed by atoms with Crippen molar-refractivity contribution >= 4 is 26.0 Å². The first-order chi connectivity index (χ1) is 22.3. The fourth-order valence-electron chi connectivity index (χ4n) is 8.37. The molecular formula is C39H54N2O5Si. The topological polar surface area (TPSA) is 76.2 Å². The molecule has 2 aliphatic heterocycles. The van der Waals surface area contributed by atoms with Gasteiger partial charge in [0.2, 0.25) is 0 Å². The van der Waals surface area contributed by atoms with E-state index in [1.54, 1.807) is 40.1 Å². The van der Waals surface area contributed by atoms with Crippen molar-refractivity contribution in [3.63, 3.8) is 0 Å². The normalized spacial score (nSPS) is 18.9. The summed E-state index contributed by atoms with van der Waals surface area (Å²) in [5.41, 5.74) is 2.15. The monoisotopic (exact) mass is 658 g/mol. The van der Waals surface area contributed by atoms with Gasteiger partial charge < -0.3 is 9.47 Å². The highest BCUT2D eigenvalue weighted by molar-refractivity contribution is 6.89. The van der Waals surface area contributed by atoms with Gasteiger partial charge in [-0.2, -0.15) is 0 Å². The SMILES string of the molecule is CC(C)C[C@H]1CC(=O)C=C(CC[C@H]2CC([Si](C(C)C)(C(C)C)C(C)C)=CN(C(=O)Oc3ccccc3)C2)N1C(=O)Oc1ccccc1. The molecule has 2 amide bonds. The van der Waals surface area contributed by atoms with Gasteiger partial charge in [-0.05, 0) is 78.4 Å². The summed E-state index contributed by atoms with van der Waals surface area (Å²) in [6.45, 7) is 18.8. The fourth-order valence-corrected chi connectivity index (χ4v) is 15.6. The summed E-state index contributed by atoms with van der Waals surface area (Å²) in [5, 5.41) is 1.39. The van der Waals surface area contributed by atoms with Crippen LogP contribution in [0.2, 0.25) is 16.6 Å². The average molecular weight is 659 g/mol. The van der Waals surface area contributed by atoms with Crippen LogP contribution >= 0.6 is 0 Å². The number of allylic oxidation sites excluding steroid dienone is 3. The van der Waals surface area contributed by atoms with Crippen LogP contribution in [0.4, 0.5) is 9.59 Å². The Morgan fingerprint density at radius 2 is 1.32 bits per heavy atom. The Balaban J connectivity index is 1.64. The Hall–Kier alpha value is -3.65. The highest BCUT2D eigenvalue weighted by atomic mass is 28.3. The molecule has 0 aliphatic carbocycles. The average Bonchev–Trinajstić information content (AvgIpc) is 3.00. The first-order valence-electron chi connectivity index (χ1n) is 17.4. The van der Waals surface area contributed by atoms with E-state index < -0.39 is 14.2 Å². The molecule has 2 aromatic rings. The summed E-state index contributed by atoms with van der Waals surface area (Å²) in [6, 6.07) is 18.0. The molecule has 2 atom stereocenters. The predicted molar refractivity (Wildman–Crippen MR) is 191 cm³/mol. The van der Waals surface area contributed by atoms with Crippen molar-refractivity contribution in [2.45, 2.75) is 110 Å². The van der Waals surface area contributed by atoms with Crippen LogP contribution in [0.15, 0.2) is 83.8 Å². The van der Waals surface area contributed by atoms with Gasteiger partial charge in [-0.1, -0.05) is 97.0 Å². The van der Waals surface area contributed by atoms with E-state index in [0.29, 0.717) is 65.5 Å². The number of benzene rings is 2. The summed E-state index contributed by atoms with van der Waals surface area (Å²) in [7, 11) is -2.07. The molecule has 2 aliphatic rings. The number of rotatable bonds is 11. The molecule has 47 heavy (non-hydrogen) atoms. The van der Waals surface area contributed by atoms with E-state index in [9.17, 15) is 14.4 Å². The lowest BCUT2D eigenvalue weighted by Gasteiger charge is -2.48. The van der Waals surface area contributed by atoms with Gasteiger partial charge in [-0.15, -0.1) is 0 Å². The van der Waals surface area contributed by atoms with E-state index in [0.717, 1.165) is 6.42 Å². The molecule has 7 nitrogen and oxygen atoms in total. The number of hydrogen-bond acceptors (Lipinski definition) is 5. The minimum atomic E-state index is -2.07. The van der Waals surface area contributed by atoms with Crippen LogP contribution in [0.3, 0.4) is 0 Å². The molecule has 8 heteroatoms. The zero-order valence-corrected chi connectivity index (χ0v) is 30.6. The van der Waals surface area contributed by atoms with E-state index in [4.69, 9.17) is 9.47 Å². The Bertz CT molecular complexity index is 1410. The summed E-state index contributed by atoms with van der Waals surface area (Å²) in [6.07, 6.45) is 6.04. The van der Waals surface area contributed by atoms with Crippen molar-refractivity contribution in [1.29, 1.82) is 0 Å². The van der Waals surface area contributed by atoms with Gasteiger partial charge in [0.05, 0.1) is 8.07 Å². The summed E-state index contributed by atoms with van der Waals surface area (Å²) < 4.78 is 11.7. The van der Waals surface area contributed by atoms with E-state index >= 15 is 0 Å². The molecule has 0 saturated carbocycles. The highest BCUT2D eigenvalue weighted by Gasteiger charge is 2.48. The molecule has 2 heterocycles. The molecular weight excluding hydrogens is 605 g/mol. The molecule has 0 fully saturated rings. The molecule has 0 radical (unpaired) electrons. The van der Waals surface area contributed by atoms with Crippen LogP contribution in [0.1, 0.15) is 87.5 Å². The van der Waals surface area contributed by atoms with Crippen molar-refractivity contribution in [3.05, 3.63) is 83.8 Å². The minimum absolute atomic E-state index is 0.0394. The Kier molecular flexibility index (Phi) is 12.3. The quantitative estimate of drug-likeness (QED) is 0.225. The Morgan fingerprint density at radius 1 is 0.787 bits per heavy atom. The molecule has 0 aromatic heterocycles. The zero-order chi connectivity index (χ0) is 34.3. The van der Waals surface area contributed by atoms with E-state index in [1.807, 2.05) is 36.4 Å². The van der Waals surface area contributed by atoms with Gasteiger partial charge in [0.15, 0.2) is 5.78 Å². The number of ether oxygens (including phenoxy) is 2. The van der Waals surface area contributed by atoms with Crippen LogP contribution < -0.4 is 9.47 Å². The molecule has 0 N–H and O–H groups in total. The summed E-state index contributed by atoms with van der Waals surface area (Å²) in [5.74, 6) is 1.47. The maximum Gasteiger partial charge on any atom is 0.419 e. The van der Waals surface area contributed by atoms with Crippen LogP contribution in [-0.2, 0) is 4.79 Å². The Labute approximate surface area is 283 Å². The second-order valence-corrected chi connectivity index (χ2v) is 20.6. The lowest BCUT2D eigenvalue weighted by Crippen LogP contribution is -2.50. The number of hydrogen-bond donors (Lipinski definition) is 0. The molecule has 0 saturated heterocycles. The van der Waals surface area contributed by atoms with E-state index in [1.165, 1.54) is 5.20 Å². The molecule has 0 unspecified atom stereocenters. The highest BCUT2D eigenvalue weighted by Crippen LogP contribution is 2.49. The third-order valence-electron chi connectivity index (χ3n) is 10.0. The molecule has 0 bridgehead atoms. The predicted octanol–water partition coefficient (Wildman–Crippen LogP) is 10.2. The third-order valence-corrected chi connectivity index (χ3v) is 17.2. The first kappa shape index (κ1) is 36.2. The minimum Gasteiger partial charge on any atom is -0.410 e. The fraction of sp³-hybridized carbons (Fsp3) is 0.513. The molecule has 254 valence electrons. The van der Waals surface area contributed by atoms with Crippen molar-refractivity contribution in [2.75, 3.05) is 6.54 Å².